The topological polar surface area (TPSA) is 80.2 Å². The van der Waals surface area contributed by atoms with Gasteiger partial charge in [0.1, 0.15) is 11.6 Å². The molecule has 1 N–H and O–H groups in total. The first-order valence-electron chi connectivity index (χ1n) is 8.89. The predicted molar refractivity (Wildman–Crippen MR) is 97.9 cm³/mol. The van der Waals surface area contributed by atoms with Crippen molar-refractivity contribution in [2.75, 3.05) is 25.5 Å². The summed E-state index contributed by atoms with van der Waals surface area (Å²) >= 11 is 0. The van der Waals surface area contributed by atoms with Crippen LogP contribution in [0.1, 0.15) is 28.3 Å². The fourth-order valence-electron chi connectivity index (χ4n) is 3.30. The Morgan fingerprint density at radius 3 is 2.77 bits per heavy atom. The van der Waals surface area contributed by atoms with Gasteiger partial charge in [0.15, 0.2) is 11.6 Å². The van der Waals surface area contributed by atoms with Gasteiger partial charge >= 0.3 is 0 Å². The van der Waals surface area contributed by atoms with Crippen LogP contribution in [0, 0.1) is 13.8 Å². The number of furan rings is 1. The van der Waals surface area contributed by atoms with E-state index in [0.29, 0.717) is 18.1 Å². The highest BCUT2D eigenvalue weighted by Gasteiger charge is 2.20. The molecule has 0 spiro atoms. The van der Waals surface area contributed by atoms with Crippen molar-refractivity contribution in [1.29, 1.82) is 0 Å². The quantitative estimate of drug-likeness (QED) is 0.772. The van der Waals surface area contributed by atoms with E-state index in [1.165, 1.54) is 5.56 Å². The first-order chi connectivity index (χ1) is 12.6. The van der Waals surface area contributed by atoms with E-state index in [0.717, 1.165) is 54.5 Å². The number of nitrogens with zero attached hydrogens (tertiary/aromatic N) is 4. The molecule has 4 rings (SSSR count). The molecule has 0 aliphatic carbocycles. The van der Waals surface area contributed by atoms with E-state index in [4.69, 9.17) is 18.9 Å². The van der Waals surface area contributed by atoms with Crippen LogP contribution >= 0.6 is 0 Å². The van der Waals surface area contributed by atoms with Gasteiger partial charge in [-0.05, 0) is 39.4 Å². The number of nitrogens with one attached hydrogen (secondary N) is 1. The van der Waals surface area contributed by atoms with Crippen LogP contribution in [-0.2, 0) is 19.4 Å². The second kappa shape index (κ2) is 6.92. The number of anilines is 1. The molecule has 0 saturated carbocycles. The van der Waals surface area contributed by atoms with Gasteiger partial charge in [0, 0.05) is 37.2 Å². The molecule has 0 aromatic carbocycles. The van der Waals surface area contributed by atoms with Crippen molar-refractivity contribution in [3.05, 3.63) is 46.7 Å². The molecule has 0 amide bonds. The summed E-state index contributed by atoms with van der Waals surface area (Å²) in [6.07, 6.45) is 3.48. The highest BCUT2D eigenvalue weighted by molar-refractivity contribution is 5.56. The Kier molecular flexibility index (Phi) is 4.46. The molecule has 7 heteroatoms. The van der Waals surface area contributed by atoms with Gasteiger partial charge in [0.05, 0.1) is 17.7 Å². The Bertz CT molecular complexity index is 882. The third-order valence-corrected chi connectivity index (χ3v) is 4.92. The maximum absolute atomic E-state index is 5.52. The van der Waals surface area contributed by atoms with E-state index in [1.54, 1.807) is 6.26 Å². The molecule has 1 aliphatic rings. The van der Waals surface area contributed by atoms with Crippen LogP contribution in [0.4, 0.5) is 5.82 Å². The largest absolute Gasteiger partial charge is 0.461 e. The molecule has 7 nitrogen and oxygen atoms in total. The highest BCUT2D eigenvalue weighted by atomic mass is 16.5. The summed E-state index contributed by atoms with van der Waals surface area (Å²) in [5.74, 6) is 3.02. The van der Waals surface area contributed by atoms with Crippen LogP contribution < -0.4 is 5.32 Å². The molecular formula is C19H23N5O2. The van der Waals surface area contributed by atoms with Crippen LogP contribution in [0.15, 0.2) is 27.3 Å². The summed E-state index contributed by atoms with van der Waals surface area (Å²) in [4.78, 5) is 11.9. The van der Waals surface area contributed by atoms with Gasteiger partial charge in [-0.15, -0.1) is 0 Å². The second-order valence-corrected chi connectivity index (χ2v) is 6.76. The summed E-state index contributed by atoms with van der Waals surface area (Å²) in [6, 6.07) is 3.75. The van der Waals surface area contributed by atoms with Gasteiger partial charge in [-0.1, -0.05) is 5.16 Å². The zero-order valence-electron chi connectivity index (χ0n) is 15.4. The molecule has 4 heterocycles. The Hall–Kier alpha value is -2.67. The SMILES string of the molecule is Cc1noc(C)c1CNc1nc(-c2ccco2)nc2c1CCN(C)CC2. The first kappa shape index (κ1) is 16.8. The number of hydrogen-bond acceptors (Lipinski definition) is 7. The molecule has 3 aromatic heterocycles. The van der Waals surface area contributed by atoms with Crippen LogP contribution in [-0.4, -0.2) is 40.2 Å². The van der Waals surface area contributed by atoms with Gasteiger partial charge in [-0.3, -0.25) is 0 Å². The Morgan fingerprint density at radius 1 is 1.19 bits per heavy atom. The fourth-order valence-corrected chi connectivity index (χ4v) is 3.30. The number of hydrogen-bond donors (Lipinski definition) is 1. The van der Waals surface area contributed by atoms with Gasteiger partial charge in [-0.25, -0.2) is 9.97 Å². The Labute approximate surface area is 152 Å². The minimum atomic E-state index is 0.623. The number of aryl methyl sites for hydroxylation is 2. The van der Waals surface area contributed by atoms with Crippen molar-refractivity contribution < 1.29 is 8.94 Å². The van der Waals surface area contributed by atoms with Gasteiger partial charge in [0.25, 0.3) is 0 Å². The molecule has 0 bridgehead atoms. The molecule has 0 saturated heterocycles. The molecule has 0 atom stereocenters. The van der Waals surface area contributed by atoms with Crippen LogP contribution in [0.3, 0.4) is 0 Å². The van der Waals surface area contributed by atoms with E-state index >= 15 is 0 Å². The van der Waals surface area contributed by atoms with Crippen molar-refractivity contribution in [2.24, 2.45) is 0 Å². The van der Waals surface area contributed by atoms with E-state index < -0.39 is 0 Å². The van der Waals surface area contributed by atoms with Crippen LogP contribution in [0.2, 0.25) is 0 Å². The van der Waals surface area contributed by atoms with Gasteiger partial charge in [-0.2, -0.15) is 0 Å². The molecule has 0 fully saturated rings. The van der Waals surface area contributed by atoms with Crippen molar-refractivity contribution in [3.63, 3.8) is 0 Å². The third-order valence-electron chi connectivity index (χ3n) is 4.92. The zero-order chi connectivity index (χ0) is 18.1. The molecule has 0 unspecified atom stereocenters. The van der Waals surface area contributed by atoms with E-state index in [9.17, 15) is 0 Å². The normalized spacial score (nSPS) is 14.9. The molecule has 3 aromatic rings. The number of aromatic nitrogens is 3. The Balaban J connectivity index is 1.70. The minimum Gasteiger partial charge on any atom is -0.461 e. The smallest absolute Gasteiger partial charge is 0.197 e. The van der Waals surface area contributed by atoms with Crippen molar-refractivity contribution in [2.45, 2.75) is 33.2 Å². The fraction of sp³-hybridized carbons (Fsp3) is 0.421. The lowest BCUT2D eigenvalue weighted by Crippen LogP contribution is -2.20. The number of fused-ring (bicyclic) bond motifs is 1. The average molecular weight is 353 g/mol. The van der Waals surface area contributed by atoms with Crippen molar-refractivity contribution in [3.8, 4) is 11.6 Å². The summed E-state index contributed by atoms with van der Waals surface area (Å²) in [5.41, 5.74) is 4.26. The lowest BCUT2D eigenvalue weighted by atomic mass is 10.1. The van der Waals surface area contributed by atoms with Crippen molar-refractivity contribution in [1.82, 2.24) is 20.0 Å². The molecular weight excluding hydrogens is 330 g/mol. The summed E-state index contributed by atoms with van der Waals surface area (Å²) < 4.78 is 10.8. The summed E-state index contributed by atoms with van der Waals surface area (Å²) in [7, 11) is 2.14. The predicted octanol–water partition coefficient (Wildman–Crippen LogP) is 2.98. The van der Waals surface area contributed by atoms with E-state index in [1.807, 2.05) is 26.0 Å². The maximum atomic E-state index is 5.52. The lowest BCUT2D eigenvalue weighted by molar-refractivity contribution is 0.352. The van der Waals surface area contributed by atoms with Crippen LogP contribution in [0.25, 0.3) is 11.6 Å². The molecule has 1 aliphatic heterocycles. The van der Waals surface area contributed by atoms with Gasteiger partial charge < -0.3 is 19.2 Å². The summed E-state index contributed by atoms with van der Waals surface area (Å²) in [5, 5.41) is 7.52. The first-order valence-corrected chi connectivity index (χ1v) is 8.89. The van der Waals surface area contributed by atoms with Crippen molar-refractivity contribution >= 4 is 5.82 Å². The van der Waals surface area contributed by atoms with E-state index in [-0.39, 0.29) is 0 Å². The lowest BCUT2D eigenvalue weighted by Gasteiger charge is -2.14. The highest BCUT2D eigenvalue weighted by Crippen LogP contribution is 2.26. The molecule has 136 valence electrons. The molecule has 0 radical (unpaired) electrons. The molecule has 26 heavy (non-hydrogen) atoms. The van der Waals surface area contributed by atoms with Gasteiger partial charge in [0.2, 0.25) is 0 Å². The number of likely N-dealkylation sites (N-methyl/N-ethyl adjacent to an activating group) is 1. The average Bonchev–Trinajstić information content (AvgIpc) is 3.23. The maximum Gasteiger partial charge on any atom is 0.197 e. The monoisotopic (exact) mass is 353 g/mol. The standard InChI is InChI=1S/C19H23N5O2/c1-12-15(13(2)26-23-12)11-20-18-14-6-8-24(3)9-7-16(14)21-19(22-18)17-5-4-10-25-17/h4-5,10H,6-9,11H2,1-3H3,(H,20,21,22). The number of rotatable bonds is 4. The second-order valence-electron chi connectivity index (χ2n) is 6.76. The van der Waals surface area contributed by atoms with Crippen LogP contribution in [0.5, 0.6) is 0 Å². The van der Waals surface area contributed by atoms with E-state index in [2.05, 4.69) is 22.4 Å². The summed E-state index contributed by atoms with van der Waals surface area (Å²) in [6.45, 7) is 6.50. The zero-order valence-corrected chi connectivity index (χ0v) is 15.4. The Morgan fingerprint density at radius 2 is 2.04 bits per heavy atom. The minimum absolute atomic E-state index is 0.623. The third kappa shape index (κ3) is 3.22.